The van der Waals surface area contributed by atoms with Gasteiger partial charge in [-0.3, -0.25) is 29.4 Å². The number of benzene rings is 1. The maximum absolute atomic E-state index is 12.5. The number of nitrogens with zero attached hydrogens (tertiary/aromatic N) is 4. The van der Waals surface area contributed by atoms with E-state index in [1.54, 1.807) is 28.9 Å². The number of pyridine rings is 1. The van der Waals surface area contributed by atoms with Crippen molar-refractivity contribution < 1.29 is 24.0 Å². The van der Waals surface area contributed by atoms with Crippen molar-refractivity contribution in [3.63, 3.8) is 0 Å². The molecule has 0 fully saturated rings. The molecule has 2 amide bonds. The van der Waals surface area contributed by atoms with Gasteiger partial charge < -0.3 is 9.14 Å². The number of nitro benzene ring substituents is 1. The van der Waals surface area contributed by atoms with Crippen molar-refractivity contribution in [3.8, 4) is 0 Å². The number of hydrogen-bond donors (Lipinski definition) is 0. The zero-order valence-corrected chi connectivity index (χ0v) is 15.3. The highest BCUT2D eigenvalue weighted by Gasteiger charge is 2.41. The molecule has 29 heavy (non-hydrogen) atoms. The van der Waals surface area contributed by atoms with Crippen LogP contribution in [0.15, 0.2) is 42.7 Å². The first-order valence-corrected chi connectivity index (χ1v) is 8.65. The Morgan fingerprint density at radius 2 is 1.97 bits per heavy atom. The van der Waals surface area contributed by atoms with E-state index >= 15 is 0 Å². The van der Waals surface area contributed by atoms with Gasteiger partial charge in [0.2, 0.25) is 0 Å². The van der Waals surface area contributed by atoms with Crippen molar-refractivity contribution in [2.75, 3.05) is 6.54 Å². The van der Waals surface area contributed by atoms with Gasteiger partial charge in [-0.05, 0) is 18.2 Å². The summed E-state index contributed by atoms with van der Waals surface area (Å²) in [4.78, 5) is 52.2. The van der Waals surface area contributed by atoms with Gasteiger partial charge in [-0.25, -0.2) is 4.98 Å². The van der Waals surface area contributed by atoms with Crippen LogP contribution >= 0.6 is 11.6 Å². The molecule has 3 heterocycles. The SMILES string of the molecule is O=C(CN1C(=O)c2cccc([N+](=O)[O-])c2C1=O)OCc1cn2cc(Cl)ccc2n1. The van der Waals surface area contributed by atoms with Crippen LogP contribution in [0, 0.1) is 10.1 Å². The lowest BCUT2D eigenvalue weighted by Gasteiger charge is -2.12. The number of carbonyl (C=O) groups is 3. The fraction of sp³-hybridized carbons (Fsp3) is 0.111. The second-order valence-corrected chi connectivity index (χ2v) is 6.60. The highest BCUT2D eigenvalue weighted by atomic mass is 35.5. The van der Waals surface area contributed by atoms with E-state index in [-0.39, 0.29) is 17.7 Å². The summed E-state index contributed by atoms with van der Waals surface area (Å²) in [6.45, 7) is -0.843. The molecule has 1 aromatic carbocycles. The molecule has 4 rings (SSSR count). The van der Waals surface area contributed by atoms with E-state index in [0.717, 1.165) is 6.07 Å². The van der Waals surface area contributed by atoms with Gasteiger partial charge in [0, 0.05) is 18.5 Å². The van der Waals surface area contributed by atoms with E-state index in [1.807, 2.05) is 0 Å². The lowest BCUT2D eigenvalue weighted by Crippen LogP contribution is -2.35. The predicted molar refractivity (Wildman–Crippen MR) is 98.5 cm³/mol. The van der Waals surface area contributed by atoms with Gasteiger partial charge in [0.1, 0.15) is 24.4 Å². The number of nitro groups is 1. The Morgan fingerprint density at radius 1 is 1.17 bits per heavy atom. The summed E-state index contributed by atoms with van der Waals surface area (Å²) in [6, 6.07) is 7.09. The van der Waals surface area contributed by atoms with Gasteiger partial charge in [0.25, 0.3) is 17.5 Å². The molecule has 10 nitrogen and oxygen atoms in total. The van der Waals surface area contributed by atoms with E-state index in [0.29, 0.717) is 21.3 Å². The number of halogens is 1. The lowest BCUT2D eigenvalue weighted by atomic mass is 10.1. The normalized spacial score (nSPS) is 13.1. The van der Waals surface area contributed by atoms with E-state index in [1.165, 1.54) is 12.1 Å². The largest absolute Gasteiger partial charge is 0.458 e. The fourth-order valence-electron chi connectivity index (χ4n) is 3.03. The average Bonchev–Trinajstić information content (AvgIpc) is 3.20. The van der Waals surface area contributed by atoms with Crippen LogP contribution in [-0.4, -0.2) is 43.5 Å². The first-order valence-electron chi connectivity index (χ1n) is 8.27. The third kappa shape index (κ3) is 3.29. The molecule has 0 saturated heterocycles. The number of fused-ring (bicyclic) bond motifs is 2. The summed E-state index contributed by atoms with van der Waals surface area (Å²) < 4.78 is 6.76. The summed E-state index contributed by atoms with van der Waals surface area (Å²) in [6.07, 6.45) is 3.26. The number of esters is 1. The molecule has 0 aliphatic carbocycles. The number of imide groups is 1. The minimum Gasteiger partial charge on any atom is -0.458 e. The van der Waals surface area contributed by atoms with Crippen LogP contribution in [0.2, 0.25) is 5.02 Å². The van der Waals surface area contributed by atoms with Crippen molar-refractivity contribution >= 4 is 40.7 Å². The second-order valence-electron chi connectivity index (χ2n) is 6.16. The minimum absolute atomic E-state index is 0.116. The minimum atomic E-state index is -0.906. The number of hydrogen-bond acceptors (Lipinski definition) is 7. The Bertz CT molecular complexity index is 1200. The van der Waals surface area contributed by atoms with Crippen LogP contribution in [-0.2, 0) is 16.1 Å². The zero-order valence-electron chi connectivity index (χ0n) is 14.6. The van der Waals surface area contributed by atoms with Crippen LogP contribution < -0.4 is 0 Å². The van der Waals surface area contributed by atoms with Crippen molar-refractivity contribution in [2.24, 2.45) is 0 Å². The van der Waals surface area contributed by atoms with E-state index in [9.17, 15) is 24.5 Å². The standard InChI is InChI=1S/C18H11ClN4O6/c19-10-4-5-14-20-11(7-21(14)6-10)9-29-15(24)8-22-17(25)12-2-1-3-13(23(27)28)16(12)18(22)26/h1-7H,8-9H2. The van der Waals surface area contributed by atoms with Crippen LogP contribution in [0.3, 0.4) is 0 Å². The number of carbonyl (C=O) groups excluding carboxylic acids is 3. The van der Waals surface area contributed by atoms with Crippen molar-refractivity contribution in [2.45, 2.75) is 6.61 Å². The number of ether oxygens (including phenoxy) is 1. The molecule has 0 atom stereocenters. The van der Waals surface area contributed by atoms with Crippen molar-refractivity contribution in [3.05, 3.63) is 74.7 Å². The Kier molecular flexibility index (Phi) is 4.47. The van der Waals surface area contributed by atoms with Gasteiger partial charge in [0.15, 0.2) is 0 Å². The van der Waals surface area contributed by atoms with Gasteiger partial charge >= 0.3 is 5.97 Å². The molecular weight excluding hydrogens is 404 g/mol. The van der Waals surface area contributed by atoms with Crippen molar-refractivity contribution in [1.82, 2.24) is 14.3 Å². The first kappa shape index (κ1) is 18.6. The highest BCUT2D eigenvalue weighted by Crippen LogP contribution is 2.30. The average molecular weight is 415 g/mol. The molecule has 2 aromatic heterocycles. The highest BCUT2D eigenvalue weighted by molar-refractivity contribution is 6.30. The molecular formula is C18H11ClN4O6. The number of rotatable bonds is 5. The second kappa shape index (κ2) is 6.99. The molecule has 1 aliphatic heterocycles. The molecule has 146 valence electrons. The van der Waals surface area contributed by atoms with Crippen LogP contribution in [0.1, 0.15) is 26.4 Å². The molecule has 0 spiro atoms. The molecule has 0 unspecified atom stereocenters. The molecule has 3 aromatic rings. The summed E-state index contributed by atoms with van der Waals surface area (Å²) in [5.74, 6) is -2.54. The maximum Gasteiger partial charge on any atom is 0.326 e. The first-order chi connectivity index (χ1) is 13.8. The summed E-state index contributed by atoms with van der Waals surface area (Å²) >= 11 is 5.90. The van der Waals surface area contributed by atoms with Crippen molar-refractivity contribution in [1.29, 1.82) is 0 Å². The van der Waals surface area contributed by atoms with Gasteiger partial charge in [0.05, 0.1) is 21.2 Å². The Balaban J connectivity index is 1.45. The summed E-state index contributed by atoms with van der Waals surface area (Å²) in [7, 11) is 0. The van der Waals surface area contributed by atoms with Crippen LogP contribution in [0.25, 0.3) is 5.65 Å². The van der Waals surface area contributed by atoms with Crippen LogP contribution in [0.5, 0.6) is 0 Å². The molecule has 0 N–H and O–H groups in total. The quantitative estimate of drug-likeness (QED) is 0.271. The smallest absolute Gasteiger partial charge is 0.326 e. The zero-order chi connectivity index (χ0) is 20.7. The van der Waals surface area contributed by atoms with Gasteiger partial charge in [-0.1, -0.05) is 17.7 Å². The van der Waals surface area contributed by atoms with E-state index in [2.05, 4.69) is 4.98 Å². The van der Waals surface area contributed by atoms with E-state index < -0.39 is 34.9 Å². The van der Waals surface area contributed by atoms with E-state index in [4.69, 9.17) is 16.3 Å². The third-order valence-corrected chi connectivity index (χ3v) is 4.53. The summed E-state index contributed by atoms with van der Waals surface area (Å²) in [5, 5.41) is 11.6. The van der Waals surface area contributed by atoms with Crippen LogP contribution in [0.4, 0.5) is 5.69 Å². The summed E-state index contributed by atoms with van der Waals surface area (Å²) in [5.41, 5.74) is 0.119. The Morgan fingerprint density at radius 3 is 2.72 bits per heavy atom. The number of amides is 2. The number of aromatic nitrogens is 2. The molecule has 0 bridgehead atoms. The topological polar surface area (TPSA) is 124 Å². The third-order valence-electron chi connectivity index (χ3n) is 4.31. The molecule has 11 heteroatoms. The Labute approximate surface area is 167 Å². The fourth-order valence-corrected chi connectivity index (χ4v) is 3.20. The Hall–Kier alpha value is -3.79. The molecule has 1 aliphatic rings. The lowest BCUT2D eigenvalue weighted by molar-refractivity contribution is -0.385. The van der Waals surface area contributed by atoms with Gasteiger partial charge in [-0.15, -0.1) is 0 Å². The molecule has 0 saturated carbocycles. The van der Waals surface area contributed by atoms with Gasteiger partial charge in [-0.2, -0.15) is 0 Å². The predicted octanol–water partition coefficient (Wildman–Crippen LogP) is 2.24. The monoisotopic (exact) mass is 414 g/mol. The number of imidazole rings is 1. The maximum atomic E-state index is 12.5. The molecule has 0 radical (unpaired) electrons.